The summed E-state index contributed by atoms with van der Waals surface area (Å²) in [5.41, 5.74) is 6.16. The molecule has 0 spiro atoms. The van der Waals surface area contributed by atoms with E-state index in [1.807, 2.05) is 11.0 Å². The molecular formula is C10H13N3OS. The lowest BCUT2D eigenvalue weighted by molar-refractivity contribution is -0.131. The summed E-state index contributed by atoms with van der Waals surface area (Å²) in [6.45, 7) is 1.82. The Kier molecular flexibility index (Phi) is 3.11. The molecule has 1 aliphatic rings. The number of aromatic nitrogens is 1. The number of anilines is 1. The molecule has 0 aromatic carbocycles. The third kappa shape index (κ3) is 2.62. The van der Waals surface area contributed by atoms with Gasteiger partial charge in [-0.2, -0.15) is 0 Å². The van der Waals surface area contributed by atoms with Crippen LogP contribution in [0.2, 0.25) is 0 Å². The van der Waals surface area contributed by atoms with Crippen LogP contribution in [0.3, 0.4) is 0 Å². The molecule has 1 fully saturated rings. The largest absolute Gasteiger partial charge is 0.397 e. The van der Waals surface area contributed by atoms with Crippen LogP contribution in [-0.4, -0.2) is 34.6 Å². The number of pyridine rings is 1. The van der Waals surface area contributed by atoms with E-state index in [2.05, 4.69) is 4.98 Å². The van der Waals surface area contributed by atoms with E-state index in [0.717, 1.165) is 24.5 Å². The summed E-state index contributed by atoms with van der Waals surface area (Å²) in [4.78, 5) is 17.5. The van der Waals surface area contributed by atoms with Crippen LogP contribution in [0.25, 0.3) is 0 Å². The number of likely N-dealkylation sites (tertiary alicyclic amines) is 1. The van der Waals surface area contributed by atoms with E-state index in [1.165, 1.54) is 11.8 Å². The fourth-order valence-electron chi connectivity index (χ4n) is 1.27. The monoisotopic (exact) mass is 223 g/mol. The van der Waals surface area contributed by atoms with Crippen molar-refractivity contribution >= 4 is 23.4 Å². The van der Waals surface area contributed by atoms with Crippen LogP contribution < -0.4 is 5.73 Å². The van der Waals surface area contributed by atoms with Crippen LogP contribution in [0.1, 0.15) is 6.42 Å². The molecule has 1 amide bonds. The van der Waals surface area contributed by atoms with Gasteiger partial charge in [0.25, 0.3) is 0 Å². The summed E-state index contributed by atoms with van der Waals surface area (Å²) in [5, 5.41) is 0.845. The molecule has 0 radical (unpaired) electrons. The zero-order valence-electron chi connectivity index (χ0n) is 8.35. The molecule has 0 aliphatic carbocycles. The molecular weight excluding hydrogens is 210 g/mol. The first kappa shape index (κ1) is 10.3. The fourth-order valence-corrected chi connectivity index (χ4v) is 2.02. The molecule has 4 nitrogen and oxygen atoms in total. The molecule has 0 bridgehead atoms. The highest BCUT2D eigenvalue weighted by Crippen LogP contribution is 2.17. The second kappa shape index (κ2) is 4.53. The highest BCUT2D eigenvalue weighted by Gasteiger charge is 2.19. The van der Waals surface area contributed by atoms with Crippen molar-refractivity contribution in [2.75, 3.05) is 24.6 Å². The number of nitrogen functional groups attached to an aromatic ring is 1. The van der Waals surface area contributed by atoms with Gasteiger partial charge in [0.2, 0.25) is 5.91 Å². The summed E-state index contributed by atoms with van der Waals surface area (Å²) in [6, 6.07) is 3.63. The summed E-state index contributed by atoms with van der Waals surface area (Å²) in [5.74, 6) is 0.668. The van der Waals surface area contributed by atoms with Crippen LogP contribution in [0.5, 0.6) is 0 Å². The van der Waals surface area contributed by atoms with Crippen LogP contribution in [-0.2, 0) is 4.79 Å². The number of rotatable bonds is 3. The van der Waals surface area contributed by atoms with E-state index in [1.54, 1.807) is 12.3 Å². The highest BCUT2D eigenvalue weighted by atomic mass is 32.2. The maximum absolute atomic E-state index is 11.5. The van der Waals surface area contributed by atoms with Crippen molar-refractivity contribution in [1.29, 1.82) is 0 Å². The summed E-state index contributed by atoms with van der Waals surface area (Å²) >= 11 is 1.46. The maximum atomic E-state index is 11.5. The van der Waals surface area contributed by atoms with Gasteiger partial charge in [-0.25, -0.2) is 4.98 Å². The predicted octanol–water partition coefficient (Wildman–Crippen LogP) is 0.988. The summed E-state index contributed by atoms with van der Waals surface area (Å²) in [7, 11) is 0. The van der Waals surface area contributed by atoms with Gasteiger partial charge in [0.1, 0.15) is 0 Å². The van der Waals surface area contributed by atoms with Gasteiger partial charge >= 0.3 is 0 Å². The minimum atomic E-state index is 0.199. The lowest BCUT2D eigenvalue weighted by Crippen LogP contribution is -2.43. The van der Waals surface area contributed by atoms with Crippen molar-refractivity contribution in [3.05, 3.63) is 18.3 Å². The number of thioether (sulfide) groups is 1. The SMILES string of the molecule is Nc1ccc(SCC(=O)N2CCC2)nc1. The Bertz CT molecular complexity index is 348. The van der Waals surface area contributed by atoms with E-state index < -0.39 is 0 Å². The van der Waals surface area contributed by atoms with Crippen LogP contribution in [0.15, 0.2) is 23.4 Å². The van der Waals surface area contributed by atoms with Gasteiger partial charge < -0.3 is 10.6 Å². The number of hydrogen-bond donors (Lipinski definition) is 1. The average molecular weight is 223 g/mol. The Balaban J connectivity index is 1.82. The fraction of sp³-hybridized carbons (Fsp3) is 0.400. The minimum Gasteiger partial charge on any atom is -0.397 e. The molecule has 2 heterocycles. The van der Waals surface area contributed by atoms with Crippen LogP contribution in [0.4, 0.5) is 5.69 Å². The summed E-state index contributed by atoms with van der Waals surface area (Å²) in [6.07, 6.45) is 2.74. The zero-order valence-corrected chi connectivity index (χ0v) is 9.17. The molecule has 2 rings (SSSR count). The lowest BCUT2D eigenvalue weighted by Gasteiger charge is -2.30. The molecule has 2 N–H and O–H groups in total. The van der Waals surface area contributed by atoms with Gasteiger partial charge in [0, 0.05) is 13.1 Å². The standard InChI is InChI=1S/C10H13N3OS/c11-8-2-3-9(12-6-8)15-7-10(14)13-4-1-5-13/h2-3,6H,1,4-5,7,11H2. The first-order valence-electron chi connectivity index (χ1n) is 4.88. The van der Waals surface area contributed by atoms with Gasteiger partial charge in [0.05, 0.1) is 22.7 Å². The van der Waals surface area contributed by atoms with Crippen molar-refractivity contribution in [3.63, 3.8) is 0 Å². The van der Waals surface area contributed by atoms with E-state index >= 15 is 0 Å². The normalized spacial score (nSPS) is 14.8. The number of carbonyl (C=O) groups excluding carboxylic acids is 1. The Morgan fingerprint density at radius 3 is 2.87 bits per heavy atom. The number of amides is 1. The third-order valence-corrected chi connectivity index (χ3v) is 3.24. The molecule has 80 valence electrons. The van der Waals surface area contributed by atoms with Gasteiger partial charge in [-0.3, -0.25) is 4.79 Å². The molecule has 0 saturated carbocycles. The Hall–Kier alpha value is -1.23. The van der Waals surface area contributed by atoms with Crippen molar-refractivity contribution in [3.8, 4) is 0 Å². The Labute approximate surface area is 92.9 Å². The average Bonchev–Trinajstić information content (AvgIpc) is 2.14. The van der Waals surface area contributed by atoms with Crippen molar-refractivity contribution in [2.45, 2.75) is 11.4 Å². The first-order valence-corrected chi connectivity index (χ1v) is 5.86. The van der Waals surface area contributed by atoms with E-state index in [-0.39, 0.29) is 5.91 Å². The first-order chi connectivity index (χ1) is 7.25. The topological polar surface area (TPSA) is 59.2 Å². The van der Waals surface area contributed by atoms with Gasteiger partial charge in [-0.05, 0) is 18.6 Å². The van der Waals surface area contributed by atoms with E-state index in [4.69, 9.17) is 5.73 Å². The lowest BCUT2D eigenvalue weighted by atomic mass is 10.2. The Morgan fingerprint density at radius 2 is 2.33 bits per heavy atom. The van der Waals surface area contributed by atoms with Crippen molar-refractivity contribution in [2.24, 2.45) is 0 Å². The number of nitrogens with zero attached hydrogens (tertiary/aromatic N) is 2. The summed E-state index contributed by atoms with van der Waals surface area (Å²) < 4.78 is 0. The molecule has 0 atom stereocenters. The Morgan fingerprint density at radius 1 is 1.53 bits per heavy atom. The quantitative estimate of drug-likeness (QED) is 0.776. The van der Waals surface area contributed by atoms with Crippen molar-refractivity contribution in [1.82, 2.24) is 9.88 Å². The smallest absolute Gasteiger partial charge is 0.232 e. The van der Waals surface area contributed by atoms with E-state index in [0.29, 0.717) is 11.4 Å². The maximum Gasteiger partial charge on any atom is 0.232 e. The van der Waals surface area contributed by atoms with E-state index in [9.17, 15) is 4.79 Å². The van der Waals surface area contributed by atoms with Gasteiger partial charge in [-0.15, -0.1) is 0 Å². The molecule has 1 aromatic heterocycles. The number of carbonyl (C=O) groups is 1. The molecule has 1 saturated heterocycles. The molecule has 1 aromatic rings. The molecule has 0 unspecified atom stereocenters. The zero-order chi connectivity index (χ0) is 10.7. The van der Waals surface area contributed by atoms with Crippen molar-refractivity contribution < 1.29 is 4.79 Å². The second-order valence-corrected chi connectivity index (χ2v) is 4.45. The van der Waals surface area contributed by atoms with Gasteiger partial charge in [0.15, 0.2) is 0 Å². The molecule has 1 aliphatic heterocycles. The van der Waals surface area contributed by atoms with Crippen LogP contribution >= 0.6 is 11.8 Å². The number of hydrogen-bond acceptors (Lipinski definition) is 4. The number of nitrogens with two attached hydrogens (primary N) is 1. The molecule has 15 heavy (non-hydrogen) atoms. The highest BCUT2D eigenvalue weighted by molar-refractivity contribution is 7.99. The van der Waals surface area contributed by atoms with Gasteiger partial charge in [-0.1, -0.05) is 11.8 Å². The molecule has 5 heteroatoms. The van der Waals surface area contributed by atoms with Crippen LogP contribution in [0, 0.1) is 0 Å². The third-order valence-electron chi connectivity index (χ3n) is 2.31. The second-order valence-electron chi connectivity index (χ2n) is 3.45. The minimum absolute atomic E-state index is 0.199. The predicted molar refractivity (Wildman–Crippen MR) is 60.6 cm³/mol.